The predicted molar refractivity (Wildman–Crippen MR) is 109 cm³/mol. The van der Waals surface area contributed by atoms with E-state index in [2.05, 4.69) is 34.7 Å². The van der Waals surface area contributed by atoms with Crippen LogP contribution in [0.4, 0.5) is 0 Å². The molecule has 1 saturated carbocycles. The summed E-state index contributed by atoms with van der Waals surface area (Å²) in [6.45, 7) is 8.16. The standard InChI is InChI=1S/C22H30N4O2/c1-14(2)25-8-5-16(6-9-25)28-17-12-19-18(11-15-3-4-15)20-22(27)23-7-10-26(20)21(19)24-13-17/h12-16H,3-11H2,1-2H3,(H,23,27). The van der Waals surface area contributed by atoms with Gasteiger partial charge in [0.1, 0.15) is 23.2 Å². The number of likely N-dealkylation sites (tertiary alicyclic amines) is 1. The molecule has 1 aliphatic carbocycles. The molecular weight excluding hydrogens is 352 g/mol. The van der Waals surface area contributed by atoms with Crippen molar-refractivity contribution in [3.8, 4) is 5.75 Å². The van der Waals surface area contributed by atoms with E-state index in [9.17, 15) is 4.79 Å². The first-order valence-electron chi connectivity index (χ1n) is 10.8. The number of fused-ring (bicyclic) bond motifs is 3. The van der Waals surface area contributed by atoms with Gasteiger partial charge in [0.05, 0.1) is 6.20 Å². The van der Waals surface area contributed by atoms with Gasteiger partial charge in [-0.1, -0.05) is 0 Å². The summed E-state index contributed by atoms with van der Waals surface area (Å²) >= 11 is 0. The molecule has 6 heteroatoms. The fraction of sp³-hybridized carbons (Fsp3) is 0.636. The van der Waals surface area contributed by atoms with Gasteiger partial charge in [-0.2, -0.15) is 0 Å². The van der Waals surface area contributed by atoms with Crippen molar-refractivity contribution in [2.45, 2.75) is 64.6 Å². The summed E-state index contributed by atoms with van der Waals surface area (Å²) in [5.74, 6) is 1.61. The largest absolute Gasteiger partial charge is 0.489 e. The van der Waals surface area contributed by atoms with E-state index < -0.39 is 0 Å². The van der Waals surface area contributed by atoms with Crippen molar-refractivity contribution in [2.24, 2.45) is 5.92 Å². The quantitative estimate of drug-likeness (QED) is 0.864. The summed E-state index contributed by atoms with van der Waals surface area (Å²) in [5.41, 5.74) is 2.92. The molecule has 28 heavy (non-hydrogen) atoms. The number of piperidine rings is 1. The summed E-state index contributed by atoms with van der Waals surface area (Å²) in [6, 6.07) is 2.73. The van der Waals surface area contributed by atoms with E-state index in [0.717, 1.165) is 67.3 Å². The molecule has 0 atom stereocenters. The Labute approximate surface area is 166 Å². The number of carbonyl (C=O) groups excluding carboxylic acids is 1. The molecule has 3 aliphatic rings. The lowest BCUT2D eigenvalue weighted by atomic mass is 10.0. The second kappa shape index (κ2) is 7.07. The van der Waals surface area contributed by atoms with E-state index in [1.807, 2.05) is 6.20 Å². The summed E-state index contributed by atoms with van der Waals surface area (Å²) in [5, 5.41) is 4.11. The van der Waals surface area contributed by atoms with Crippen LogP contribution in [0.3, 0.4) is 0 Å². The molecule has 5 rings (SSSR count). The molecule has 0 radical (unpaired) electrons. The highest BCUT2D eigenvalue weighted by Gasteiger charge is 2.31. The summed E-state index contributed by atoms with van der Waals surface area (Å²) in [4.78, 5) is 19.8. The van der Waals surface area contributed by atoms with Crippen molar-refractivity contribution in [3.05, 3.63) is 23.5 Å². The van der Waals surface area contributed by atoms with E-state index in [4.69, 9.17) is 9.72 Å². The molecule has 1 saturated heterocycles. The third-order valence-corrected chi connectivity index (χ3v) is 6.51. The Balaban J connectivity index is 1.43. The Morgan fingerprint density at radius 1 is 1.21 bits per heavy atom. The van der Waals surface area contributed by atoms with E-state index >= 15 is 0 Å². The minimum Gasteiger partial charge on any atom is -0.489 e. The molecule has 4 heterocycles. The number of pyridine rings is 1. The first-order chi connectivity index (χ1) is 13.6. The van der Waals surface area contributed by atoms with Crippen molar-refractivity contribution in [1.29, 1.82) is 0 Å². The number of nitrogens with zero attached hydrogens (tertiary/aromatic N) is 3. The highest BCUT2D eigenvalue weighted by molar-refractivity contribution is 6.01. The minimum absolute atomic E-state index is 0.0448. The van der Waals surface area contributed by atoms with Gasteiger partial charge in [-0.15, -0.1) is 0 Å². The molecule has 2 aromatic rings. The maximum Gasteiger partial charge on any atom is 0.268 e. The van der Waals surface area contributed by atoms with Gasteiger partial charge in [-0.25, -0.2) is 4.98 Å². The summed E-state index contributed by atoms with van der Waals surface area (Å²) in [7, 11) is 0. The lowest BCUT2D eigenvalue weighted by molar-refractivity contribution is 0.0842. The molecule has 0 bridgehead atoms. The molecule has 150 valence electrons. The Kier molecular flexibility index (Phi) is 4.54. The maximum atomic E-state index is 12.6. The molecule has 2 aliphatic heterocycles. The molecule has 1 amide bonds. The van der Waals surface area contributed by atoms with Gasteiger partial charge in [0.25, 0.3) is 5.91 Å². The summed E-state index contributed by atoms with van der Waals surface area (Å²) in [6.07, 6.45) is 7.72. The van der Waals surface area contributed by atoms with E-state index in [0.29, 0.717) is 12.6 Å². The SMILES string of the molecule is CC(C)N1CCC(Oc2cnc3c(c2)c(CC2CC2)c2n3CCNC2=O)CC1. The number of amides is 1. The van der Waals surface area contributed by atoms with Crippen LogP contribution in [0.25, 0.3) is 11.0 Å². The highest BCUT2D eigenvalue weighted by atomic mass is 16.5. The van der Waals surface area contributed by atoms with Crippen LogP contribution in [0.15, 0.2) is 12.3 Å². The predicted octanol–water partition coefficient (Wildman–Crippen LogP) is 2.98. The van der Waals surface area contributed by atoms with Crippen molar-refractivity contribution in [3.63, 3.8) is 0 Å². The normalized spacial score (nSPS) is 21.2. The number of aromatic nitrogens is 2. The van der Waals surface area contributed by atoms with Gasteiger partial charge >= 0.3 is 0 Å². The zero-order chi connectivity index (χ0) is 19.3. The number of rotatable bonds is 5. The fourth-order valence-corrected chi connectivity index (χ4v) is 4.70. The maximum absolute atomic E-state index is 12.6. The van der Waals surface area contributed by atoms with Gasteiger partial charge in [-0.3, -0.25) is 4.79 Å². The van der Waals surface area contributed by atoms with Crippen LogP contribution in [0.5, 0.6) is 5.75 Å². The fourth-order valence-electron chi connectivity index (χ4n) is 4.70. The summed E-state index contributed by atoms with van der Waals surface area (Å²) < 4.78 is 8.43. The van der Waals surface area contributed by atoms with Crippen LogP contribution in [-0.2, 0) is 13.0 Å². The van der Waals surface area contributed by atoms with Gasteiger partial charge in [-0.05, 0) is 63.5 Å². The van der Waals surface area contributed by atoms with Gasteiger partial charge in [0, 0.05) is 37.6 Å². The zero-order valence-electron chi connectivity index (χ0n) is 16.9. The molecule has 0 aromatic carbocycles. The monoisotopic (exact) mass is 382 g/mol. The molecule has 6 nitrogen and oxygen atoms in total. The number of nitrogens with one attached hydrogen (secondary N) is 1. The minimum atomic E-state index is 0.0448. The Morgan fingerprint density at radius 2 is 2.00 bits per heavy atom. The second-order valence-electron chi connectivity index (χ2n) is 8.87. The lowest BCUT2D eigenvalue weighted by Crippen LogP contribution is -2.41. The third-order valence-electron chi connectivity index (χ3n) is 6.51. The van der Waals surface area contributed by atoms with E-state index in [1.54, 1.807) is 0 Å². The topological polar surface area (TPSA) is 59.4 Å². The van der Waals surface area contributed by atoms with Crippen molar-refractivity contribution in [1.82, 2.24) is 19.8 Å². The number of ether oxygens (including phenoxy) is 1. The molecule has 2 aromatic heterocycles. The first kappa shape index (κ1) is 18.0. The Hall–Kier alpha value is -2.08. The molecular formula is C22H30N4O2. The second-order valence-corrected chi connectivity index (χ2v) is 8.87. The molecule has 0 unspecified atom stereocenters. The number of hydrogen-bond donors (Lipinski definition) is 1. The van der Waals surface area contributed by atoms with Gasteiger partial charge in [0.15, 0.2) is 0 Å². The number of hydrogen-bond acceptors (Lipinski definition) is 4. The third kappa shape index (κ3) is 3.28. The Morgan fingerprint density at radius 3 is 2.71 bits per heavy atom. The zero-order valence-corrected chi connectivity index (χ0v) is 16.9. The van der Waals surface area contributed by atoms with Crippen molar-refractivity contribution >= 4 is 16.9 Å². The smallest absolute Gasteiger partial charge is 0.268 e. The average Bonchev–Trinajstić information content (AvgIpc) is 3.45. The molecule has 1 N–H and O–H groups in total. The first-order valence-corrected chi connectivity index (χ1v) is 10.8. The average molecular weight is 383 g/mol. The van der Waals surface area contributed by atoms with E-state index in [1.165, 1.54) is 18.4 Å². The van der Waals surface area contributed by atoms with Gasteiger partial charge < -0.3 is 19.5 Å². The van der Waals surface area contributed by atoms with Crippen LogP contribution in [0, 0.1) is 5.92 Å². The van der Waals surface area contributed by atoms with Crippen LogP contribution in [0.2, 0.25) is 0 Å². The van der Waals surface area contributed by atoms with E-state index in [-0.39, 0.29) is 12.0 Å². The lowest BCUT2D eigenvalue weighted by Gasteiger charge is -2.34. The molecule has 2 fully saturated rings. The van der Waals surface area contributed by atoms with Crippen LogP contribution in [-0.4, -0.2) is 52.1 Å². The Bertz CT molecular complexity index is 892. The number of carbonyl (C=O) groups is 1. The van der Waals surface area contributed by atoms with Crippen molar-refractivity contribution < 1.29 is 9.53 Å². The van der Waals surface area contributed by atoms with Crippen LogP contribution < -0.4 is 10.1 Å². The van der Waals surface area contributed by atoms with Crippen LogP contribution in [0.1, 0.15) is 55.6 Å². The van der Waals surface area contributed by atoms with Crippen molar-refractivity contribution in [2.75, 3.05) is 19.6 Å². The molecule has 0 spiro atoms. The highest BCUT2D eigenvalue weighted by Crippen LogP contribution is 2.38. The van der Waals surface area contributed by atoms with Crippen LogP contribution >= 0.6 is 0 Å². The van der Waals surface area contributed by atoms with Gasteiger partial charge in [0.2, 0.25) is 0 Å².